The van der Waals surface area contributed by atoms with Gasteiger partial charge in [0.1, 0.15) is 5.88 Å². The van der Waals surface area contributed by atoms with Crippen LogP contribution in [0.3, 0.4) is 0 Å². The minimum Gasteiger partial charge on any atom is -0.381 e. The number of likely N-dealkylation sites (tertiary alicyclic amines) is 1. The molecule has 1 saturated heterocycles. The number of hydrogen-bond donors (Lipinski definition) is 0. The quantitative estimate of drug-likeness (QED) is 0.725. The fraction of sp³-hybridized carbons (Fsp3) is 0.923. The summed E-state index contributed by atoms with van der Waals surface area (Å²) in [4.78, 5) is 13.7. The minimum absolute atomic E-state index is 0.0805. The molecule has 0 N–H and O–H groups in total. The fourth-order valence-corrected chi connectivity index (χ4v) is 3.61. The van der Waals surface area contributed by atoms with Gasteiger partial charge in [0, 0.05) is 25.6 Å². The van der Waals surface area contributed by atoms with Crippen molar-refractivity contribution >= 4 is 17.5 Å². The van der Waals surface area contributed by atoms with Gasteiger partial charge in [-0.25, -0.2) is 0 Å². The highest BCUT2D eigenvalue weighted by atomic mass is 35.5. The average molecular weight is 260 g/mol. The molecule has 1 spiro atoms. The Morgan fingerprint density at radius 1 is 1.47 bits per heavy atom. The zero-order chi connectivity index (χ0) is 12.3. The summed E-state index contributed by atoms with van der Waals surface area (Å²) in [6.45, 7) is 5.32. The number of ether oxygens (including phenoxy) is 1. The first kappa shape index (κ1) is 13.2. The SMILES string of the molecule is CCOC[C@@H]1CN(C(=O)CCl)CC12CCCC2. The molecule has 1 amide bonds. The van der Waals surface area contributed by atoms with Crippen LogP contribution in [0.5, 0.6) is 0 Å². The van der Waals surface area contributed by atoms with Crippen LogP contribution in [0.1, 0.15) is 32.6 Å². The topological polar surface area (TPSA) is 29.5 Å². The molecule has 0 unspecified atom stereocenters. The van der Waals surface area contributed by atoms with E-state index in [-0.39, 0.29) is 11.8 Å². The maximum Gasteiger partial charge on any atom is 0.237 e. The molecule has 1 aliphatic carbocycles. The van der Waals surface area contributed by atoms with Crippen molar-refractivity contribution in [1.29, 1.82) is 0 Å². The van der Waals surface area contributed by atoms with Crippen LogP contribution in [-0.2, 0) is 9.53 Å². The first-order chi connectivity index (χ1) is 8.22. The van der Waals surface area contributed by atoms with Crippen molar-refractivity contribution in [3.63, 3.8) is 0 Å². The number of nitrogens with zero attached hydrogens (tertiary/aromatic N) is 1. The summed E-state index contributed by atoms with van der Waals surface area (Å²) in [5, 5.41) is 0. The van der Waals surface area contributed by atoms with Crippen LogP contribution < -0.4 is 0 Å². The van der Waals surface area contributed by atoms with Crippen LogP contribution >= 0.6 is 11.6 Å². The lowest BCUT2D eigenvalue weighted by molar-refractivity contribution is -0.127. The molecule has 1 atom stereocenters. The van der Waals surface area contributed by atoms with E-state index in [2.05, 4.69) is 0 Å². The maximum absolute atomic E-state index is 11.7. The van der Waals surface area contributed by atoms with Crippen molar-refractivity contribution in [1.82, 2.24) is 4.90 Å². The van der Waals surface area contributed by atoms with E-state index in [1.165, 1.54) is 25.7 Å². The third-order valence-corrected chi connectivity index (χ3v) is 4.63. The monoisotopic (exact) mass is 259 g/mol. The van der Waals surface area contributed by atoms with Crippen LogP contribution in [0.2, 0.25) is 0 Å². The summed E-state index contributed by atoms with van der Waals surface area (Å²) < 4.78 is 5.59. The molecule has 1 heterocycles. The molecule has 17 heavy (non-hydrogen) atoms. The number of halogens is 1. The van der Waals surface area contributed by atoms with Gasteiger partial charge in [-0.05, 0) is 25.2 Å². The molecule has 4 heteroatoms. The van der Waals surface area contributed by atoms with Crippen molar-refractivity contribution in [2.75, 3.05) is 32.2 Å². The molecule has 0 aromatic heterocycles. The van der Waals surface area contributed by atoms with Crippen LogP contribution in [0, 0.1) is 11.3 Å². The molecule has 1 aliphatic heterocycles. The molecule has 2 fully saturated rings. The lowest BCUT2D eigenvalue weighted by Gasteiger charge is -2.29. The first-order valence-corrected chi connectivity index (χ1v) is 7.17. The summed E-state index contributed by atoms with van der Waals surface area (Å²) in [7, 11) is 0. The van der Waals surface area contributed by atoms with Crippen molar-refractivity contribution in [2.24, 2.45) is 11.3 Å². The molecule has 0 aromatic rings. The molecule has 1 saturated carbocycles. The van der Waals surface area contributed by atoms with Gasteiger partial charge in [0.15, 0.2) is 0 Å². The highest BCUT2D eigenvalue weighted by molar-refractivity contribution is 6.27. The third kappa shape index (κ3) is 2.60. The van der Waals surface area contributed by atoms with E-state index in [4.69, 9.17) is 16.3 Å². The predicted molar refractivity (Wildman–Crippen MR) is 68.2 cm³/mol. The normalized spacial score (nSPS) is 26.9. The second kappa shape index (κ2) is 5.57. The van der Waals surface area contributed by atoms with Crippen molar-refractivity contribution in [2.45, 2.75) is 32.6 Å². The van der Waals surface area contributed by atoms with Crippen molar-refractivity contribution in [3.8, 4) is 0 Å². The van der Waals surface area contributed by atoms with E-state index in [9.17, 15) is 4.79 Å². The Morgan fingerprint density at radius 3 is 2.76 bits per heavy atom. The lowest BCUT2D eigenvalue weighted by Crippen LogP contribution is -2.32. The van der Waals surface area contributed by atoms with Gasteiger partial charge in [0.2, 0.25) is 5.91 Å². The maximum atomic E-state index is 11.7. The van der Waals surface area contributed by atoms with E-state index in [1.807, 2.05) is 11.8 Å². The van der Waals surface area contributed by atoms with E-state index in [1.54, 1.807) is 0 Å². The lowest BCUT2D eigenvalue weighted by atomic mass is 9.77. The summed E-state index contributed by atoms with van der Waals surface area (Å²) in [6, 6.07) is 0. The molecule has 2 aliphatic rings. The van der Waals surface area contributed by atoms with E-state index in [0.717, 1.165) is 26.3 Å². The standard InChI is InChI=1S/C13H22ClNO2/c1-2-17-9-11-8-15(12(16)7-14)10-13(11)5-3-4-6-13/h11H,2-10H2,1H3/t11-/m0/s1. The van der Waals surface area contributed by atoms with Gasteiger partial charge in [-0.1, -0.05) is 12.8 Å². The molecule has 98 valence electrons. The third-order valence-electron chi connectivity index (χ3n) is 4.40. The van der Waals surface area contributed by atoms with Crippen molar-refractivity contribution in [3.05, 3.63) is 0 Å². The Hall–Kier alpha value is -0.280. The second-order valence-corrected chi connectivity index (χ2v) is 5.60. The molecule has 0 aromatic carbocycles. The van der Waals surface area contributed by atoms with Gasteiger partial charge >= 0.3 is 0 Å². The first-order valence-electron chi connectivity index (χ1n) is 6.63. The number of alkyl halides is 1. The Bertz CT molecular complexity index is 277. The molecular weight excluding hydrogens is 238 g/mol. The van der Waals surface area contributed by atoms with Gasteiger partial charge in [-0.2, -0.15) is 0 Å². The van der Waals surface area contributed by atoms with Gasteiger partial charge in [0.25, 0.3) is 0 Å². The van der Waals surface area contributed by atoms with Gasteiger partial charge < -0.3 is 9.64 Å². The Balaban J connectivity index is 2.04. The Labute approximate surface area is 108 Å². The van der Waals surface area contributed by atoms with Crippen LogP contribution in [0.25, 0.3) is 0 Å². The molecule has 0 bridgehead atoms. The van der Waals surface area contributed by atoms with Crippen molar-refractivity contribution < 1.29 is 9.53 Å². The highest BCUT2D eigenvalue weighted by Gasteiger charge is 2.48. The van der Waals surface area contributed by atoms with Crippen LogP contribution in [0.4, 0.5) is 0 Å². The number of carbonyl (C=O) groups is 1. The minimum atomic E-state index is 0.0805. The second-order valence-electron chi connectivity index (χ2n) is 5.33. The molecular formula is C13H22ClNO2. The summed E-state index contributed by atoms with van der Waals surface area (Å²) in [5.41, 5.74) is 0.330. The van der Waals surface area contributed by atoms with Crippen LogP contribution in [-0.4, -0.2) is 43.0 Å². The molecule has 3 nitrogen and oxygen atoms in total. The Morgan fingerprint density at radius 2 is 2.18 bits per heavy atom. The zero-order valence-electron chi connectivity index (χ0n) is 10.6. The highest BCUT2D eigenvalue weighted by Crippen LogP contribution is 2.49. The summed E-state index contributed by atoms with van der Waals surface area (Å²) in [6.07, 6.45) is 5.09. The van der Waals surface area contributed by atoms with E-state index >= 15 is 0 Å². The van der Waals surface area contributed by atoms with Gasteiger partial charge in [-0.15, -0.1) is 11.6 Å². The van der Waals surface area contributed by atoms with E-state index < -0.39 is 0 Å². The predicted octanol–water partition coefficient (Wildman–Crippen LogP) is 2.28. The van der Waals surface area contributed by atoms with Gasteiger partial charge in [0.05, 0.1) is 6.61 Å². The number of hydrogen-bond acceptors (Lipinski definition) is 2. The molecule has 0 radical (unpaired) electrons. The fourth-order valence-electron chi connectivity index (χ4n) is 3.44. The Kier molecular flexibility index (Phi) is 4.31. The van der Waals surface area contributed by atoms with Gasteiger partial charge in [-0.3, -0.25) is 4.79 Å². The molecule has 2 rings (SSSR count). The number of rotatable bonds is 4. The number of carbonyl (C=O) groups excluding carboxylic acids is 1. The number of amides is 1. The average Bonchev–Trinajstić information content (AvgIpc) is 2.95. The summed E-state index contributed by atoms with van der Waals surface area (Å²) >= 11 is 5.66. The van der Waals surface area contributed by atoms with E-state index in [0.29, 0.717) is 11.3 Å². The smallest absolute Gasteiger partial charge is 0.237 e. The largest absolute Gasteiger partial charge is 0.381 e. The summed E-state index contributed by atoms with van der Waals surface area (Å²) in [5.74, 6) is 0.700. The van der Waals surface area contributed by atoms with Crippen LogP contribution in [0.15, 0.2) is 0 Å². The zero-order valence-corrected chi connectivity index (χ0v) is 11.3.